The molecule has 0 radical (unpaired) electrons. The molecule has 0 spiro atoms. The number of benzene rings is 2. The molecule has 1 amide bonds. The fraction of sp³-hybridized carbons (Fsp3) is 0.200. The number of nitrogens with zero attached hydrogens (tertiary/aromatic N) is 2. The van der Waals surface area contributed by atoms with E-state index in [1.54, 1.807) is 31.3 Å². The van der Waals surface area contributed by atoms with Crippen LogP contribution in [0.15, 0.2) is 41.2 Å². The van der Waals surface area contributed by atoms with Crippen molar-refractivity contribution in [1.29, 1.82) is 0 Å². The predicted molar refractivity (Wildman–Crippen MR) is 106 cm³/mol. The van der Waals surface area contributed by atoms with Gasteiger partial charge in [0.05, 0.1) is 38.1 Å². The minimum absolute atomic E-state index is 0.0381. The first-order valence-electron chi connectivity index (χ1n) is 8.53. The molecule has 0 aliphatic carbocycles. The van der Waals surface area contributed by atoms with Crippen molar-refractivity contribution in [2.24, 2.45) is 7.05 Å². The molecule has 9 nitrogen and oxygen atoms in total. The van der Waals surface area contributed by atoms with Crippen LogP contribution < -0.4 is 20.2 Å². The van der Waals surface area contributed by atoms with E-state index in [1.807, 2.05) is 0 Å². The smallest absolute Gasteiger partial charge is 0.340 e. The van der Waals surface area contributed by atoms with Crippen molar-refractivity contribution in [1.82, 2.24) is 9.78 Å². The van der Waals surface area contributed by atoms with E-state index in [0.29, 0.717) is 10.9 Å². The Morgan fingerprint density at radius 3 is 2.34 bits per heavy atom. The van der Waals surface area contributed by atoms with E-state index >= 15 is 0 Å². The number of anilines is 1. The zero-order valence-corrected chi connectivity index (χ0v) is 16.3. The van der Waals surface area contributed by atoms with Gasteiger partial charge in [0.25, 0.3) is 5.91 Å². The number of amides is 1. The van der Waals surface area contributed by atoms with E-state index in [-0.39, 0.29) is 28.4 Å². The van der Waals surface area contributed by atoms with E-state index in [1.165, 1.54) is 38.1 Å². The number of esters is 1. The molecule has 0 saturated carbocycles. The van der Waals surface area contributed by atoms with Crippen LogP contribution in [0.25, 0.3) is 10.9 Å². The minimum atomic E-state index is -0.770. The van der Waals surface area contributed by atoms with E-state index in [0.717, 1.165) is 0 Å². The lowest BCUT2D eigenvalue weighted by molar-refractivity contribution is 0.0601. The average Bonchev–Trinajstić information content (AvgIpc) is 2.75. The number of hydrogen-bond acceptors (Lipinski definition) is 7. The Hall–Kier alpha value is -3.88. The molecular weight excluding hydrogens is 378 g/mol. The van der Waals surface area contributed by atoms with Crippen LogP contribution in [-0.2, 0) is 11.8 Å². The lowest BCUT2D eigenvalue weighted by Gasteiger charge is -2.14. The zero-order valence-electron chi connectivity index (χ0n) is 16.3. The molecule has 2 aromatic carbocycles. The lowest BCUT2D eigenvalue weighted by atomic mass is 10.1. The highest BCUT2D eigenvalue weighted by atomic mass is 16.5. The van der Waals surface area contributed by atoms with Gasteiger partial charge in [-0.2, -0.15) is 5.10 Å². The molecular formula is C20H19N3O6. The first-order chi connectivity index (χ1) is 13.9. The normalized spacial score (nSPS) is 10.5. The Kier molecular flexibility index (Phi) is 5.49. The lowest BCUT2D eigenvalue weighted by Crippen LogP contribution is -2.27. The van der Waals surface area contributed by atoms with Gasteiger partial charge in [-0.05, 0) is 12.1 Å². The molecule has 1 N–H and O–H groups in total. The number of methoxy groups -OCH3 is 3. The Morgan fingerprint density at radius 1 is 1.03 bits per heavy atom. The molecule has 0 fully saturated rings. The zero-order chi connectivity index (χ0) is 21.1. The van der Waals surface area contributed by atoms with Crippen LogP contribution in [0.5, 0.6) is 11.5 Å². The van der Waals surface area contributed by atoms with E-state index in [2.05, 4.69) is 10.4 Å². The van der Waals surface area contributed by atoms with Gasteiger partial charge in [0.2, 0.25) is 5.43 Å². The highest BCUT2D eigenvalue weighted by Gasteiger charge is 2.22. The maximum atomic E-state index is 12.8. The molecule has 0 bridgehead atoms. The topological polar surface area (TPSA) is 109 Å². The van der Waals surface area contributed by atoms with Crippen LogP contribution >= 0.6 is 0 Å². The largest absolute Gasteiger partial charge is 0.493 e. The molecule has 9 heteroatoms. The van der Waals surface area contributed by atoms with Gasteiger partial charge >= 0.3 is 5.97 Å². The molecule has 0 aliphatic heterocycles. The highest BCUT2D eigenvalue weighted by molar-refractivity contribution is 6.08. The van der Waals surface area contributed by atoms with Crippen LogP contribution in [0.3, 0.4) is 0 Å². The van der Waals surface area contributed by atoms with Gasteiger partial charge in [-0.3, -0.25) is 14.3 Å². The van der Waals surface area contributed by atoms with Gasteiger partial charge in [0.1, 0.15) is 0 Å². The molecule has 0 saturated heterocycles. The maximum absolute atomic E-state index is 12.8. The highest BCUT2D eigenvalue weighted by Crippen LogP contribution is 2.34. The number of rotatable bonds is 5. The first-order valence-corrected chi connectivity index (χ1v) is 8.53. The number of nitrogens with one attached hydrogen (secondary N) is 1. The number of fused-ring (bicyclic) bond motifs is 1. The number of ether oxygens (including phenoxy) is 3. The van der Waals surface area contributed by atoms with E-state index < -0.39 is 17.3 Å². The summed E-state index contributed by atoms with van der Waals surface area (Å²) in [4.78, 5) is 37.7. The fourth-order valence-electron chi connectivity index (χ4n) is 2.92. The molecule has 29 heavy (non-hydrogen) atoms. The van der Waals surface area contributed by atoms with Crippen LogP contribution in [0.2, 0.25) is 0 Å². The van der Waals surface area contributed by atoms with Gasteiger partial charge in [0.15, 0.2) is 17.2 Å². The summed E-state index contributed by atoms with van der Waals surface area (Å²) in [7, 11) is 5.68. The summed E-state index contributed by atoms with van der Waals surface area (Å²) in [6.45, 7) is 0. The summed E-state index contributed by atoms with van der Waals surface area (Å²) in [5.74, 6) is -0.894. The Balaban J connectivity index is 2.09. The van der Waals surface area contributed by atoms with Crippen molar-refractivity contribution in [2.45, 2.75) is 0 Å². The number of para-hydroxylation sites is 1. The molecule has 1 aromatic heterocycles. The third-order valence-corrected chi connectivity index (χ3v) is 4.35. The Labute approximate surface area is 165 Å². The SMILES string of the molecule is COC(=O)c1cc(OC)c(OC)cc1NC(=O)c1nn(C)c2ccccc2c1=O. The number of carbonyl (C=O) groups is 2. The number of hydrogen-bond donors (Lipinski definition) is 1. The minimum Gasteiger partial charge on any atom is -0.493 e. The van der Waals surface area contributed by atoms with Gasteiger partial charge < -0.3 is 19.5 Å². The molecule has 150 valence electrons. The maximum Gasteiger partial charge on any atom is 0.340 e. The predicted octanol–water partition coefficient (Wildman–Crippen LogP) is 1.99. The average molecular weight is 397 g/mol. The van der Waals surface area contributed by atoms with Crippen molar-refractivity contribution in [3.8, 4) is 11.5 Å². The summed E-state index contributed by atoms with van der Waals surface area (Å²) in [5.41, 5.74) is -0.101. The van der Waals surface area contributed by atoms with E-state index in [9.17, 15) is 14.4 Å². The van der Waals surface area contributed by atoms with Gasteiger partial charge in [-0.1, -0.05) is 12.1 Å². The van der Waals surface area contributed by atoms with E-state index in [4.69, 9.17) is 14.2 Å². The number of aryl methyl sites for hydroxylation is 1. The standard InChI is InChI=1S/C20H19N3O6/c1-23-14-8-6-5-7-11(14)18(24)17(22-23)19(25)21-13-10-16(28-3)15(27-2)9-12(13)20(26)29-4/h5-10H,1-4H3,(H,21,25). The number of carbonyl (C=O) groups excluding carboxylic acids is 2. The van der Waals surface area contributed by atoms with Crippen LogP contribution in [0, 0.1) is 0 Å². The second kappa shape index (κ2) is 8.01. The summed E-state index contributed by atoms with van der Waals surface area (Å²) in [5, 5.41) is 6.99. The van der Waals surface area contributed by atoms with Crippen molar-refractivity contribution in [3.05, 3.63) is 57.9 Å². The molecule has 0 atom stereocenters. The van der Waals surface area contributed by atoms with Crippen LogP contribution in [-0.4, -0.2) is 43.0 Å². The summed E-state index contributed by atoms with van der Waals surface area (Å²) in [6, 6.07) is 9.62. The number of aromatic nitrogens is 2. The van der Waals surface area contributed by atoms with Crippen molar-refractivity contribution in [3.63, 3.8) is 0 Å². The second-order valence-electron chi connectivity index (χ2n) is 6.02. The quantitative estimate of drug-likeness (QED) is 0.656. The van der Waals surface area contributed by atoms with Crippen molar-refractivity contribution < 1.29 is 23.8 Å². The third kappa shape index (κ3) is 3.62. The van der Waals surface area contributed by atoms with Gasteiger partial charge in [-0.25, -0.2) is 4.79 Å². The fourth-order valence-corrected chi connectivity index (χ4v) is 2.92. The van der Waals surface area contributed by atoms with Gasteiger partial charge in [-0.15, -0.1) is 0 Å². The van der Waals surface area contributed by atoms with Crippen molar-refractivity contribution in [2.75, 3.05) is 26.6 Å². The van der Waals surface area contributed by atoms with Crippen molar-refractivity contribution >= 4 is 28.5 Å². The summed E-state index contributed by atoms with van der Waals surface area (Å²) < 4.78 is 16.6. The molecule has 3 aromatic rings. The summed E-state index contributed by atoms with van der Waals surface area (Å²) >= 11 is 0. The Bertz CT molecular complexity index is 1170. The first kappa shape index (κ1) is 19.9. The molecule has 1 heterocycles. The molecule has 0 aliphatic rings. The van der Waals surface area contributed by atoms with Crippen LogP contribution in [0.4, 0.5) is 5.69 Å². The molecule has 0 unspecified atom stereocenters. The van der Waals surface area contributed by atoms with Crippen LogP contribution in [0.1, 0.15) is 20.8 Å². The van der Waals surface area contributed by atoms with Gasteiger partial charge in [0, 0.05) is 24.6 Å². The summed E-state index contributed by atoms with van der Waals surface area (Å²) in [6.07, 6.45) is 0. The molecule has 3 rings (SSSR count). The third-order valence-electron chi connectivity index (χ3n) is 4.35. The monoisotopic (exact) mass is 397 g/mol. The second-order valence-corrected chi connectivity index (χ2v) is 6.02. The Morgan fingerprint density at radius 2 is 1.69 bits per heavy atom.